The van der Waals surface area contributed by atoms with E-state index >= 15 is 0 Å². The van der Waals surface area contributed by atoms with E-state index in [0.29, 0.717) is 0 Å². The number of thiophene rings is 1. The molecule has 0 radical (unpaired) electrons. The summed E-state index contributed by atoms with van der Waals surface area (Å²) in [6, 6.07) is 32.0. The molecule has 0 bridgehead atoms. The van der Waals surface area contributed by atoms with Gasteiger partial charge in [0.05, 0.1) is 58.3 Å². The van der Waals surface area contributed by atoms with Crippen LogP contribution in [0.2, 0.25) is 0 Å². The third-order valence-corrected chi connectivity index (χ3v) is 15.8. The maximum absolute atomic E-state index is 4.83. The number of nitrogens with one attached hydrogen (secondary N) is 1. The van der Waals surface area contributed by atoms with E-state index in [1.807, 2.05) is 216 Å². The number of aromatic nitrogens is 11. The number of hydrogen-bond acceptors (Lipinski definition) is 16. The molecule has 0 unspecified atom stereocenters. The molecular formula is C73H90N16OS3. The van der Waals surface area contributed by atoms with Crippen molar-refractivity contribution in [1.82, 2.24) is 58.0 Å². The lowest BCUT2D eigenvalue weighted by Gasteiger charge is -2.11. The number of pyridine rings is 2. The molecule has 5 aliphatic heterocycles. The fraction of sp³-hybridized carbons (Fsp3) is 0.301. The normalized spacial score (nSPS) is 13.0. The first-order chi connectivity index (χ1) is 45.1. The fourth-order valence-electron chi connectivity index (χ4n) is 8.73. The van der Waals surface area contributed by atoms with Gasteiger partial charge in [-0.1, -0.05) is 66.2 Å². The van der Waals surface area contributed by atoms with Gasteiger partial charge in [-0.25, -0.2) is 29.9 Å². The predicted octanol–water partition coefficient (Wildman–Crippen LogP) is 17.8. The first-order valence-electron chi connectivity index (χ1n) is 31.1. The molecule has 0 saturated carbocycles. The highest BCUT2D eigenvalue weighted by Gasteiger charge is 2.12. The van der Waals surface area contributed by atoms with Gasteiger partial charge in [0.25, 0.3) is 0 Å². The predicted molar refractivity (Wildman–Crippen MR) is 388 cm³/mol. The van der Waals surface area contributed by atoms with Crippen LogP contribution in [0.15, 0.2) is 230 Å². The summed E-state index contributed by atoms with van der Waals surface area (Å²) in [5.41, 5.74) is 14.2. The van der Waals surface area contributed by atoms with E-state index in [2.05, 4.69) is 145 Å². The summed E-state index contributed by atoms with van der Waals surface area (Å²) in [5, 5.41) is 14.0. The maximum Gasteiger partial charge on any atom is 0.233 e. The Bertz CT molecular complexity index is 3780. The first kappa shape index (κ1) is 72.8. The third-order valence-electron chi connectivity index (χ3n) is 13.3. The number of allylic oxidation sites excluding steroid dienone is 4. The highest BCUT2D eigenvalue weighted by molar-refractivity contribution is 7.11. The van der Waals surface area contributed by atoms with Crippen LogP contribution in [-0.2, 0) is 25.9 Å². The van der Waals surface area contributed by atoms with Crippen LogP contribution in [0.1, 0.15) is 105 Å². The van der Waals surface area contributed by atoms with E-state index in [9.17, 15) is 0 Å². The van der Waals surface area contributed by atoms with Crippen molar-refractivity contribution in [1.29, 1.82) is 0 Å². The van der Waals surface area contributed by atoms with Crippen molar-refractivity contribution in [2.24, 2.45) is 20.2 Å². The van der Waals surface area contributed by atoms with Gasteiger partial charge in [-0.05, 0) is 162 Å². The highest BCUT2D eigenvalue weighted by atomic mass is 32.1. The average Bonchev–Trinajstić information content (AvgIpc) is 1.90. The molecule has 11 aromatic heterocycles. The molecule has 16 heterocycles. The van der Waals surface area contributed by atoms with Gasteiger partial charge in [-0.15, -0.1) is 34.0 Å². The second-order valence-electron chi connectivity index (χ2n) is 21.6. The molecule has 17 nitrogen and oxygen atoms in total. The zero-order valence-electron chi connectivity index (χ0n) is 56.0. The van der Waals surface area contributed by atoms with E-state index in [1.54, 1.807) is 35.1 Å². The van der Waals surface area contributed by atoms with Crippen LogP contribution in [-0.4, -0.2) is 84.2 Å². The van der Waals surface area contributed by atoms with Gasteiger partial charge in [0.2, 0.25) is 5.78 Å². The number of benzene rings is 1. The van der Waals surface area contributed by atoms with Crippen LogP contribution in [0.4, 0.5) is 0 Å². The number of aliphatic imine (C=N–C) groups is 2. The Morgan fingerprint density at radius 1 is 0.613 bits per heavy atom. The highest BCUT2D eigenvalue weighted by Crippen LogP contribution is 2.20. The van der Waals surface area contributed by atoms with Crippen LogP contribution in [0.25, 0.3) is 17.1 Å². The molecular weight excluding hydrogens is 1210 g/mol. The lowest BCUT2D eigenvalue weighted by atomic mass is 10.2. The van der Waals surface area contributed by atoms with E-state index in [0.717, 1.165) is 96.0 Å². The number of fused-ring (bicyclic) bond motifs is 5. The van der Waals surface area contributed by atoms with Crippen LogP contribution in [0.3, 0.4) is 0 Å². The van der Waals surface area contributed by atoms with Crippen molar-refractivity contribution in [2.45, 2.75) is 128 Å². The van der Waals surface area contributed by atoms with Crippen molar-refractivity contribution in [3.63, 3.8) is 0 Å². The summed E-state index contributed by atoms with van der Waals surface area (Å²) >= 11 is 5.26. The lowest BCUT2D eigenvalue weighted by molar-refractivity contribution is 0.522. The fourth-order valence-corrected chi connectivity index (χ4v) is 10.6. The Hall–Kier alpha value is -9.21. The number of imidazole rings is 4. The molecule has 0 amide bonds. The molecule has 486 valence electrons. The minimum atomic E-state index is 0.764. The molecule has 12 aromatic rings. The Morgan fingerprint density at radius 3 is 1.88 bits per heavy atom. The topological polar surface area (TPSA) is 183 Å². The van der Waals surface area contributed by atoms with Gasteiger partial charge in [0, 0.05) is 133 Å². The van der Waals surface area contributed by atoms with Gasteiger partial charge in [0.15, 0.2) is 0 Å². The van der Waals surface area contributed by atoms with E-state index in [-0.39, 0.29) is 0 Å². The minimum Gasteiger partial charge on any atom is -0.470 e. The van der Waals surface area contributed by atoms with Crippen molar-refractivity contribution in [3.05, 3.63) is 271 Å². The molecule has 5 aliphatic rings. The summed E-state index contributed by atoms with van der Waals surface area (Å²) in [6.07, 6.45) is 35.2. The molecule has 93 heavy (non-hydrogen) atoms. The van der Waals surface area contributed by atoms with Crippen LogP contribution in [0, 0.1) is 62.3 Å². The number of azo groups is 1. The van der Waals surface area contributed by atoms with E-state index in [4.69, 9.17) is 4.42 Å². The molecule has 17 rings (SSSR count). The van der Waals surface area contributed by atoms with Crippen LogP contribution >= 0.6 is 34.0 Å². The smallest absolute Gasteiger partial charge is 0.233 e. The Labute approximate surface area is 561 Å². The van der Waals surface area contributed by atoms with E-state index in [1.165, 1.54) is 68.2 Å². The summed E-state index contributed by atoms with van der Waals surface area (Å²) in [6.45, 7) is 29.2. The van der Waals surface area contributed by atoms with Crippen LogP contribution in [0.5, 0.6) is 0 Å². The summed E-state index contributed by atoms with van der Waals surface area (Å²) in [5.74, 6) is 3.01. The quantitative estimate of drug-likeness (QED) is 0.154. The second kappa shape index (κ2) is 41.3. The van der Waals surface area contributed by atoms with Crippen molar-refractivity contribution < 1.29 is 4.42 Å². The molecule has 1 N–H and O–H groups in total. The number of hydrogen-bond donors (Lipinski definition) is 1. The van der Waals surface area contributed by atoms with Gasteiger partial charge in [-0.2, -0.15) is 10.2 Å². The Balaban J connectivity index is 0.000000162. The summed E-state index contributed by atoms with van der Waals surface area (Å²) in [4.78, 5) is 41.5. The van der Waals surface area contributed by atoms with Crippen molar-refractivity contribution in [2.75, 3.05) is 19.6 Å². The molecule has 0 saturated heterocycles. The largest absolute Gasteiger partial charge is 0.470 e. The van der Waals surface area contributed by atoms with Crippen molar-refractivity contribution >= 4 is 63.0 Å². The molecule has 20 heteroatoms. The maximum atomic E-state index is 4.83. The Morgan fingerprint density at radius 2 is 1.38 bits per heavy atom. The second-order valence-corrected chi connectivity index (χ2v) is 25.2. The Kier molecular flexibility index (Phi) is 32.4. The van der Waals surface area contributed by atoms with Gasteiger partial charge in [0.1, 0.15) is 22.9 Å². The molecule has 0 fully saturated rings. The number of furan rings is 1. The third kappa shape index (κ3) is 28.9. The first-order valence-corrected chi connectivity index (χ1v) is 33.7. The standard InChI is InChI=1S/C8H12N2.2C8H8N2.C7H7N3.C7H10N2S.C7H8.2C5H7N.C5H6O.C5H6S.C4H6N2.C4H5NS/c2*1-7-6-10-5-3-2-4-8(10)9-7;1-7-6-9-8-4-2-3-5-10(7)8;1-6-5-10-4-2-3-8-7(10)9-6;1-5-9-6-2-3-8-4-7(6)10-5;1-7-5-3-2-4-6-7;4*1-5-3-2-4-6-5;1-4-2-3-5-6-4;1-4-2-5-3-6-4/h6H,2-5H2,1H3;2*2-6H,1H3;2-5H,1H3;8H,2-4H2,1H3;2-6H,1H3;3-4H,2H2,1H3;2-3H,4H2,1H3;2*2-4H,1H3;2H,3H2,1H3;2-3H,1H3. The molecule has 0 aliphatic carbocycles. The van der Waals surface area contributed by atoms with Gasteiger partial charge in [-0.3, -0.25) is 19.4 Å². The van der Waals surface area contributed by atoms with Gasteiger partial charge >= 0.3 is 0 Å². The molecule has 0 spiro atoms. The SMILES string of the molecule is CC1=CCC=N1.CC1=CCN=N1.CC1=NCC=C1.Cc1ccccc1.Cc1ccco1.Cc1cccs1.Cc1cn2c(n1)CCCC2.Cc1cn2ccccc2n1.Cc1cn2cccnc2n1.Cc1cnc2ccccn12.Cc1cncs1.Cc1nc2c(s1)CNCC2. The van der Waals surface area contributed by atoms with E-state index < -0.39 is 0 Å². The summed E-state index contributed by atoms with van der Waals surface area (Å²) in [7, 11) is 0. The molecule has 1 aromatic carbocycles. The van der Waals surface area contributed by atoms with Crippen LogP contribution < -0.4 is 5.32 Å². The number of rotatable bonds is 0. The molecule has 0 atom stereocenters. The van der Waals surface area contributed by atoms with Crippen molar-refractivity contribution in [3.8, 4) is 0 Å². The monoisotopic (exact) mass is 1300 g/mol. The zero-order chi connectivity index (χ0) is 66.4. The number of thiazole rings is 2. The zero-order valence-corrected chi connectivity index (χ0v) is 58.4. The lowest BCUT2D eigenvalue weighted by Crippen LogP contribution is -2.22. The summed E-state index contributed by atoms with van der Waals surface area (Å²) < 4.78 is 13.1. The average molecular weight is 1300 g/mol. The number of aryl methyl sites for hydroxylation is 11. The van der Waals surface area contributed by atoms with Gasteiger partial charge < -0.3 is 23.1 Å². The number of nitrogens with zero attached hydrogens (tertiary/aromatic N) is 15. The minimum absolute atomic E-state index is 0.764.